The van der Waals surface area contributed by atoms with E-state index in [1.165, 1.54) is 6.92 Å². The Morgan fingerprint density at radius 1 is 1.36 bits per heavy atom. The van der Waals surface area contributed by atoms with E-state index in [2.05, 4.69) is 11.9 Å². The highest BCUT2D eigenvalue weighted by molar-refractivity contribution is 5.88. The maximum atomic E-state index is 11.0. The van der Waals surface area contributed by atoms with Crippen molar-refractivity contribution in [3.05, 3.63) is 12.2 Å². The van der Waals surface area contributed by atoms with E-state index in [0.29, 0.717) is 0 Å². The first-order valence-electron chi connectivity index (χ1n) is 4.23. The number of rotatable bonds is 4. The van der Waals surface area contributed by atoms with E-state index in [-0.39, 0.29) is 11.7 Å². The zero-order valence-corrected chi connectivity index (χ0v) is 8.53. The molecule has 0 aliphatic heterocycles. The summed E-state index contributed by atoms with van der Waals surface area (Å²) in [4.78, 5) is 21.5. The third kappa shape index (κ3) is 4.49. The molecule has 14 heavy (non-hydrogen) atoms. The summed E-state index contributed by atoms with van der Waals surface area (Å²) < 4.78 is 4.77. The summed E-state index contributed by atoms with van der Waals surface area (Å²) >= 11 is 0. The van der Waals surface area contributed by atoms with Crippen molar-refractivity contribution in [3.63, 3.8) is 0 Å². The van der Waals surface area contributed by atoms with Crippen LogP contribution in [0.25, 0.3) is 0 Å². The normalized spacial score (nSPS) is 12.0. The van der Waals surface area contributed by atoms with Crippen LogP contribution in [0.2, 0.25) is 0 Å². The second-order valence-corrected chi connectivity index (χ2v) is 3.15. The topological polar surface area (TPSA) is 75.6 Å². The quantitative estimate of drug-likeness (QED) is 0.669. The van der Waals surface area contributed by atoms with Crippen LogP contribution in [0.4, 0.5) is 4.79 Å². The highest BCUT2D eigenvalue weighted by Gasteiger charge is 2.16. The molecule has 0 heterocycles. The van der Waals surface area contributed by atoms with Gasteiger partial charge in [0.1, 0.15) is 0 Å². The van der Waals surface area contributed by atoms with Crippen molar-refractivity contribution >= 4 is 12.1 Å². The second-order valence-electron chi connectivity index (χ2n) is 3.15. The third-order valence-electron chi connectivity index (χ3n) is 1.47. The Morgan fingerprint density at radius 3 is 2.21 bits per heavy atom. The number of amides is 1. The minimum Gasteiger partial charge on any atom is -0.478 e. The van der Waals surface area contributed by atoms with Crippen molar-refractivity contribution in [1.82, 2.24) is 5.32 Å². The summed E-state index contributed by atoms with van der Waals surface area (Å²) in [6.07, 6.45) is -0.879. The Morgan fingerprint density at radius 2 is 1.86 bits per heavy atom. The zero-order chi connectivity index (χ0) is 11.3. The van der Waals surface area contributed by atoms with Crippen LogP contribution < -0.4 is 5.32 Å². The van der Waals surface area contributed by atoms with Crippen molar-refractivity contribution in [2.45, 2.75) is 32.9 Å². The number of carboxylic acid groups (broad SMARTS) is 1. The zero-order valence-electron chi connectivity index (χ0n) is 8.53. The number of ether oxygens (including phenoxy) is 1. The molecular formula is C9H15NO4. The Bertz CT molecular complexity index is 247. The lowest BCUT2D eigenvalue weighted by molar-refractivity contribution is -0.132. The van der Waals surface area contributed by atoms with E-state index in [1.807, 2.05) is 0 Å². The molecule has 0 fully saturated rings. The average Bonchev–Trinajstić information content (AvgIpc) is 2.00. The van der Waals surface area contributed by atoms with Gasteiger partial charge in [-0.1, -0.05) is 6.58 Å². The molecule has 1 unspecified atom stereocenters. The lowest BCUT2D eigenvalue weighted by Crippen LogP contribution is -2.37. The number of hydrogen-bond acceptors (Lipinski definition) is 3. The first kappa shape index (κ1) is 12.5. The standard InChI is InChI=1S/C9H15NO4/c1-5(2)14-9(13)10-7(4)6(3)8(11)12/h5,7H,3H2,1-2,4H3,(H,10,13)(H,11,12). The summed E-state index contributed by atoms with van der Waals surface area (Å²) in [7, 11) is 0. The number of nitrogens with one attached hydrogen (secondary N) is 1. The summed E-state index contributed by atoms with van der Waals surface area (Å²) in [6.45, 7) is 8.25. The SMILES string of the molecule is C=C(C(=O)O)C(C)NC(=O)OC(C)C. The molecule has 1 atom stereocenters. The molecule has 80 valence electrons. The molecule has 0 aliphatic rings. The van der Waals surface area contributed by atoms with E-state index in [0.717, 1.165) is 0 Å². The number of hydrogen-bond donors (Lipinski definition) is 2. The van der Waals surface area contributed by atoms with Crippen LogP contribution in [0, 0.1) is 0 Å². The smallest absolute Gasteiger partial charge is 0.407 e. The maximum absolute atomic E-state index is 11.0. The van der Waals surface area contributed by atoms with Gasteiger partial charge in [-0.05, 0) is 20.8 Å². The van der Waals surface area contributed by atoms with Crippen LogP contribution in [0.15, 0.2) is 12.2 Å². The number of alkyl carbamates (subject to hydrolysis) is 1. The minimum atomic E-state index is -1.14. The maximum Gasteiger partial charge on any atom is 0.407 e. The highest BCUT2D eigenvalue weighted by Crippen LogP contribution is 1.99. The molecule has 5 heteroatoms. The molecule has 0 saturated carbocycles. The van der Waals surface area contributed by atoms with E-state index >= 15 is 0 Å². The molecule has 0 aromatic rings. The van der Waals surface area contributed by atoms with Crippen molar-refractivity contribution in [1.29, 1.82) is 0 Å². The molecule has 0 rings (SSSR count). The van der Waals surface area contributed by atoms with Crippen LogP contribution in [-0.2, 0) is 9.53 Å². The molecule has 5 nitrogen and oxygen atoms in total. The van der Waals surface area contributed by atoms with Crippen LogP contribution in [0.3, 0.4) is 0 Å². The van der Waals surface area contributed by atoms with Gasteiger partial charge in [0.25, 0.3) is 0 Å². The van der Waals surface area contributed by atoms with Gasteiger partial charge in [-0.2, -0.15) is 0 Å². The predicted molar refractivity (Wildman–Crippen MR) is 51.0 cm³/mol. The van der Waals surface area contributed by atoms with Crippen molar-refractivity contribution in [2.75, 3.05) is 0 Å². The lowest BCUT2D eigenvalue weighted by atomic mass is 10.1. The van der Waals surface area contributed by atoms with Crippen molar-refractivity contribution in [2.24, 2.45) is 0 Å². The van der Waals surface area contributed by atoms with E-state index < -0.39 is 18.1 Å². The van der Waals surface area contributed by atoms with E-state index in [4.69, 9.17) is 9.84 Å². The predicted octanol–water partition coefficient (Wildman–Crippen LogP) is 1.15. The molecule has 0 aromatic heterocycles. The van der Waals surface area contributed by atoms with Gasteiger partial charge in [-0.25, -0.2) is 9.59 Å². The van der Waals surface area contributed by atoms with Gasteiger partial charge in [0.2, 0.25) is 0 Å². The van der Waals surface area contributed by atoms with Gasteiger partial charge in [0.05, 0.1) is 17.7 Å². The highest BCUT2D eigenvalue weighted by atomic mass is 16.6. The number of aliphatic carboxylic acids is 1. The minimum absolute atomic E-state index is 0.0780. The van der Waals surface area contributed by atoms with Gasteiger partial charge >= 0.3 is 12.1 Å². The van der Waals surface area contributed by atoms with E-state index in [9.17, 15) is 9.59 Å². The molecule has 0 radical (unpaired) electrons. The lowest BCUT2D eigenvalue weighted by Gasteiger charge is -2.15. The van der Waals surface area contributed by atoms with Gasteiger partial charge < -0.3 is 15.2 Å². The van der Waals surface area contributed by atoms with Crippen LogP contribution in [0.1, 0.15) is 20.8 Å². The first-order chi connectivity index (χ1) is 6.34. The fraction of sp³-hybridized carbons (Fsp3) is 0.556. The molecule has 1 amide bonds. The van der Waals surface area contributed by atoms with Gasteiger partial charge in [0, 0.05) is 0 Å². The summed E-state index contributed by atoms with van der Waals surface area (Å²) in [5.41, 5.74) is -0.0780. The molecule has 0 spiro atoms. The van der Waals surface area contributed by atoms with Gasteiger partial charge in [-0.3, -0.25) is 0 Å². The Balaban J connectivity index is 4.06. The molecule has 2 N–H and O–H groups in total. The monoisotopic (exact) mass is 201 g/mol. The number of carboxylic acids is 1. The number of carbonyl (C=O) groups excluding carboxylic acids is 1. The van der Waals surface area contributed by atoms with Crippen LogP contribution >= 0.6 is 0 Å². The molecular weight excluding hydrogens is 186 g/mol. The fourth-order valence-corrected chi connectivity index (χ4v) is 0.697. The average molecular weight is 201 g/mol. The fourth-order valence-electron chi connectivity index (χ4n) is 0.697. The second kappa shape index (κ2) is 5.26. The summed E-state index contributed by atoms with van der Waals surface area (Å²) in [5.74, 6) is -1.14. The Hall–Kier alpha value is -1.52. The Labute approximate surface area is 82.7 Å². The number of carbonyl (C=O) groups is 2. The van der Waals surface area contributed by atoms with Gasteiger partial charge in [-0.15, -0.1) is 0 Å². The molecule has 0 saturated heterocycles. The summed E-state index contributed by atoms with van der Waals surface area (Å²) in [5, 5.41) is 10.9. The van der Waals surface area contributed by atoms with E-state index in [1.54, 1.807) is 13.8 Å². The third-order valence-corrected chi connectivity index (χ3v) is 1.47. The molecule has 0 aromatic carbocycles. The van der Waals surface area contributed by atoms with Crippen LogP contribution in [-0.4, -0.2) is 29.3 Å². The van der Waals surface area contributed by atoms with Gasteiger partial charge in [0.15, 0.2) is 0 Å². The molecule has 0 bridgehead atoms. The van der Waals surface area contributed by atoms with Crippen molar-refractivity contribution in [3.8, 4) is 0 Å². The largest absolute Gasteiger partial charge is 0.478 e. The van der Waals surface area contributed by atoms with Crippen LogP contribution in [0.5, 0.6) is 0 Å². The molecule has 0 aliphatic carbocycles. The Kier molecular flexibility index (Phi) is 4.69. The van der Waals surface area contributed by atoms with Crippen molar-refractivity contribution < 1.29 is 19.4 Å². The summed E-state index contributed by atoms with van der Waals surface area (Å²) in [6, 6.07) is -0.640. The first-order valence-corrected chi connectivity index (χ1v) is 4.23.